The highest BCUT2D eigenvalue weighted by Crippen LogP contribution is 2.38. The molecule has 1 saturated carbocycles. The first-order chi connectivity index (χ1) is 7.27. The smallest absolute Gasteiger partial charge is 0.123 e. The second-order valence-electron chi connectivity index (χ2n) is 4.26. The zero-order chi connectivity index (χ0) is 10.7. The summed E-state index contributed by atoms with van der Waals surface area (Å²) >= 11 is 0. The van der Waals surface area contributed by atoms with E-state index in [1.54, 1.807) is 12.1 Å². The topological polar surface area (TPSA) is 23.8 Å². The minimum atomic E-state index is -0.355. The van der Waals surface area contributed by atoms with Crippen molar-refractivity contribution in [2.24, 2.45) is 0 Å². The van der Waals surface area contributed by atoms with Crippen LogP contribution in [0.1, 0.15) is 37.7 Å². The van der Waals surface area contributed by atoms with Crippen LogP contribution in [-0.2, 0) is 5.41 Å². The van der Waals surface area contributed by atoms with E-state index in [2.05, 4.69) is 6.07 Å². The summed E-state index contributed by atoms with van der Waals surface area (Å²) in [7, 11) is 0. The van der Waals surface area contributed by atoms with Crippen molar-refractivity contribution in [2.75, 3.05) is 0 Å². The fourth-order valence-electron chi connectivity index (χ4n) is 2.39. The molecule has 0 unspecified atom stereocenters. The summed E-state index contributed by atoms with van der Waals surface area (Å²) in [6.45, 7) is 0. The Balaban J connectivity index is 2.33. The second-order valence-corrected chi connectivity index (χ2v) is 4.26. The summed E-state index contributed by atoms with van der Waals surface area (Å²) in [6.07, 6.45) is 5.24. The molecule has 15 heavy (non-hydrogen) atoms. The quantitative estimate of drug-likeness (QED) is 0.684. The van der Waals surface area contributed by atoms with Gasteiger partial charge in [-0.15, -0.1) is 0 Å². The van der Waals surface area contributed by atoms with E-state index < -0.39 is 0 Å². The predicted octanol–water partition coefficient (Wildman–Crippen LogP) is 3.55. The second kappa shape index (κ2) is 4.02. The van der Waals surface area contributed by atoms with E-state index in [9.17, 15) is 9.65 Å². The molecule has 1 aromatic carbocycles. The van der Waals surface area contributed by atoms with Gasteiger partial charge in [0.2, 0.25) is 0 Å². The Morgan fingerprint density at radius 3 is 2.20 bits per heavy atom. The zero-order valence-electron chi connectivity index (χ0n) is 8.67. The van der Waals surface area contributed by atoms with Crippen molar-refractivity contribution in [1.82, 2.24) is 0 Å². The Morgan fingerprint density at radius 2 is 1.67 bits per heavy atom. The van der Waals surface area contributed by atoms with Gasteiger partial charge in [0, 0.05) is 0 Å². The molecule has 1 fully saturated rings. The molecule has 0 saturated heterocycles. The molecule has 1 aliphatic carbocycles. The highest BCUT2D eigenvalue weighted by molar-refractivity contribution is 5.33. The lowest BCUT2D eigenvalue weighted by Gasteiger charge is -2.31. The molecule has 2 rings (SSSR count). The SMILES string of the molecule is N#CC1(c2ccc(F)cc2)CCCCC1. The van der Waals surface area contributed by atoms with E-state index in [-0.39, 0.29) is 11.2 Å². The lowest BCUT2D eigenvalue weighted by Crippen LogP contribution is -2.26. The maximum absolute atomic E-state index is 12.8. The van der Waals surface area contributed by atoms with Crippen LogP contribution in [0.25, 0.3) is 0 Å². The van der Waals surface area contributed by atoms with Gasteiger partial charge in [0.25, 0.3) is 0 Å². The van der Waals surface area contributed by atoms with Gasteiger partial charge in [0.05, 0.1) is 11.5 Å². The van der Waals surface area contributed by atoms with Gasteiger partial charge in [-0.3, -0.25) is 0 Å². The van der Waals surface area contributed by atoms with Gasteiger partial charge in [0.15, 0.2) is 0 Å². The van der Waals surface area contributed by atoms with Crippen LogP contribution in [0.3, 0.4) is 0 Å². The van der Waals surface area contributed by atoms with Gasteiger partial charge in [0.1, 0.15) is 5.82 Å². The normalized spacial score (nSPS) is 19.5. The molecule has 2 heteroatoms. The van der Waals surface area contributed by atoms with Gasteiger partial charge >= 0.3 is 0 Å². The predicted molar refractivity (Wildman–Crippen MR) is 56.8 cm³/mol. The summed E-state index contributed by atoms with van der Waals surface area (Å²) in [5.74, 6) is -0.234. The van der Waals surface area contributed by atoms with Crippen molar-refractivity contribution in [3.05, 3.63) is 35.6 Å². The average molecular weight is 203 g/mol. The Bertz CT molecular complexity index is 369. The minimum absolute atomic E-state index is 0.234. The summed E-state index contributed by atoms with van der Waals surface area (Å²) in [4.78, 5) is 0. The number of hydrogen-bond donors (Lipinski definition) is 0. The molecule has 0 aliphatic heterocycles. The summed E-state index contributed by atoms with van der Waals surface area (Å²) in [5.41, 5.74) is 0.623. The van der Waals surface area contributed by atoms with Crippen LogP contribution in [0.4, 0.5) is 4.39 Å². The van der Waals surface area contributed by atoms with Gasteiger partial charge in [-0.1, -0.05) is 31.4 Å². The molecular weight excluding hydrogens is 189 g/mol. The van der Waals surface area contributed by atoms with E-state index in [1.165, 1.54) is 18.6 Å². The lowest BCUT2D eigenvalue weighted by molar-refractivity contribution is 0.365. The molecule has 0 heterocycles. The maximum Gasteiger partial charge on any atom is 0.123 e. The fourth-order valence-corrected chi connectivity index (χ4v) is 2.39. The molecule has 0 aromatic heterocycles. The number of rotatable bonds is 1. The molecule has 1 nitrogen and oxygen atoms in total. The first-order valence-electron chi connectivity index (χ1n) is 5.44. The molecule has 0 amide bonds. The highest BCUT2D eigenvalue weighted by atomic mass is 19.1. The van der Waals surface area contributed by atoms with Crippen LogP contribution in [0, 0.1) is 17.1 Å². The zero-order valence-corrected chi connectivity index (χ0v) is 8.67. The maximum atomic E-state index is 12.8. The molecule has 1 aliphatic rings. The monoisotopic (exact) mass is 203 g/mol. The number of nitrogens with zero attached hydrogens (tertiary/aromatic N) is 1. The molecule has 0 radical (unpaired) electrons. The van der Waals surface area contributed by atoms with Crippen molar-refractivity contribution >= 4 is 0 Å². The van der Waals surface area contributed by atoms with Crippen molar-refractivity contribution in [2.45, 2.75) is 37.5 Å². The third-order valence-electron chi connectivity index (χ3n) is 3.32. The first-order valence-corrected chi connectivity index (χ1v) is 5.44. The standard InChI is InChI=1S/C13H14FN/c14-12-6-4-11(5-7-12)13(10-15)8-2-1-3-9-13/h4-7H,1-3,8-9H2. The van der Waals surface area contributed by atoms with Crippen LogP contribution < -0.4 is 0 Å². The molecule has 0 atom stereocenters. The van der Waals surface area contributed by atoms with E-state index in [4.69, 9.17) is 0 Å². The largest absolute Gasteiger partial charge is 0.207 e. The van der Waals surface area contributed by atoms with Gasteiger partial charge in [-0.2, -0.15) is 5.26 Å². The molecule has 0 N–H and O–H groups in total. The molecule has 78 valence electrons. The van der Waals surface area contributed by atoms with Crippen molar-refractivity contribution in [3.63, 3.8) is 0 Å². The summed E-state index contributed by atoms with van der Waals surface area (Å²) < 4.78 is 12.8. The van der Waals surface area contributed by atoms with Crippen LogP contribution >= 0.6 is 0 Å². The Kier molecular flexibility index (Phi) is 2.73. The molecule has 1 aromatic rings. The first kappa shape index (κ1) is 10.2. The Morgan fingerprint density at radius 1 is 1.07 bits per heavy atom. The van der Waals surface area contributed by atoms with Gasteiger partial charge in [-0.05, 0) is 30.5 Å². The van der Waals surface area contributed by atoms with E-state index in [0.29, 0.717) is 0 Å². The number of halogens is 1. The summed E-state index contributed by atoms with van der Waals surface area (Å²) in [5, 5.41) is 9.32. The van der Waals surface area contributed by atoms with Crippen LogP contribution in [0.2, 0.25) is 0 Å². The summed E-state index contributed by atoms with van der Waals surface area (Å²) in [6, 6.07) is 8.83. The number of nitriles is 1. The van der Waals surface area contributed by atoms with E-state index in [0.717, 1.165) is 31.2 Å². The van der Waals surface area contributed by atoms with Crippen molar-refractivity contribution in [3.8, 4) is 6.07 Å². The third-order valence-corrected chi connectivity index (χ3v) is 3.32. The van der Waals surface area contributed by atoms with Crippen LogP contribution in [0.15, 0.2) is 24.3 Å². The van der Waals surface area contributed by atoms with Gasteiger partial charge in [-0.25, -0.2) is 4.39 Å². The molecule has 0 spiro atoms. The highest BCUT2D eigenvalue weighted by Gasteiger charge is 2.33. The molecule has 0 bridgehead atoms. The minimum Gasteiger partial charge on any atom is -0.207 e. The van der Waals surface area contributed by atoms with E-state index in [1.807, 2.05) is 0 Å². The lowest BCUT2D eigenvalue weighted by atomic mass is 9.70. The Hall–Kier alpha value is -1.36. The Labute approximate surface area is 89.5 Å². The number of hydrogen-bond acceptors (Lipinski definition) is 1. The van der Waals surface area contributed by atoms with Gasteiger partial charge < -0.3 is 0 Å². The van der Waals surface area contributed by atoms with Crippen molar-refractivity contribution in [1.29, 1.82) is 5.26 Å². The third kappa shape index (κ3) is 1.87. The van der Waals surface area contributed by atoms with E-state index >= 15 is 0 Å². The van der Waals surface area contributed by atoms with Crippen molar-refractivity contribution < 1.29 is 4.39 Å². The van der Waals surface area contributed by atoms with Crippen LogP contribution in [-0.4, -0.2) is 0 Å². The average Bonchev–Trinajstić information content (AvgIpc) is 2.31. The number of benzene rings is 1. The van der Waals surface area contributed by atoms with Crippen LogP contribution in [0.5, 0.6) is 0 Å². The molecular formula is C13H14FN. The fraction of sp³-hybridized carbons (Fsp3) is 0.462.